The van der Waals surface area contributed by atoms with Gasteiger partial charge in [0, 0.05) is 6.54 Å². The summed E-state index contributed by atoms with van der Waals surface area (Å²) in [4.78, 5) is 13.2. The monoisotopic (exact) mass is 199 g/mol. The van der Waals surface area contributed by atoms with Gasteiger partial charge >= 0.3 is 5.97 Å². The Bertz CT molecular complexity index is 208. The number of hydrogen-bond donors (Lipinski definition) is 0. The lowest BCUT2D eigenvalue weighted by atomic mass is 9.80. The molecule has 1 fully saturated rings. The molecule has 1 heterocycles. The summed E-state index contributed by atoms with van der Waals surface area (Å²) in [6.45, 7) is 9.29. The minimum absolute atomic E-state index is 0.125. The van der Waals surface area contributed by atoms with E-state index < -0.39 is 0 Å². The van der Waals surface area contributed by atoms with Gasteiger partial charge in [0.25, 0.3) is 0 Å². The third-order valence-electron chi connectivity index (χ3n) is 3.08. The van der Waals surface area contributed by atoms with Crippen LogP contribution in [0.25, 0.3) is 0 Å². The number of likely N-dealkylation sites (tertiary alicyclic amines) is 1. The first-order valence-corrected chi connectivity index (χ1v) is 5.22. The van der Waals surface area contributed by atoms with Crippen LogP contribution in [0, 0.1) is 11.3 Å². The number of esters is 1. The molecular weight excluding hydrogens is 178 g/mol. The predicted octanol–water partition coefficient (Wildman–Crippen LogP) is 1.53. The van der Waals surface area contributed by atoms with Crippen LogP contribution in [0.3, 0.4) is 0 Å². The molecule has 1 unspecified atom stereocenters. The van der Waals surface area contributed by atoms with E-state index in [4.69, 9.17) is 0 Å². The molecule has 1 saturated heterocycles. The number of hydrogen-bond acceptors (Lipinski definition) is 3. The van der Waals surface area contributed by atoms with Gasteiger partial charge in [0.15, 0.2) is 0 Å². The van der Waals surface area contributed by atoms with E-state index in [2.05, 4.69) is 30.4 Å². The summed E-state index contributed by atoms with van der Waals surface area (Å²) in [6.07, 6.45) is 1.19. The van der Waals surface area contributed by atoms with Crippen molar-refractivity contribution in [3.8, 4) is 0 Å². The fraction of sp³-hybridized carbons (Fsp3) is 0.909. The molecule has 0 aromatic carbocycles. The van der Waals surface area contributed by atoms with Gasteiger partial charge in [-0.05, 0) is 24.3 Å². The van der Waals surface area contributed by atoms with Crippen molar-refractivity contribution in [2.24, 2.45) is 11.3 Å². The molecule has 0 amide bonds. The van der Waals surface area contributed by atoms with Gasteiger partial charge in [0.2, 0.25) is 0 Å². The van der Waals surface area contributed by atoms with Crippen LogP contribution >= 0.6 is 0 Å². The zero-order valence-electron chi connectivity index (χ0n) is 9.67. The van der Waals surface area contributed by atoms with E-state index in [1.807, 2.05) is 0 Å². The fourth-order valence-corrected chi connectivity index (χ4v) is 1.93. The van der Waals surface area contributed by atoms with E-state index in [1.165, 1.54) is 13.5 Å². The van der Waals surface area contributed by atoms with Gasteiger partial charge < -0.3 is 4.74 Å². The van der Waals surface area contributed by atoms with Crippen LogP contribution in [0.1, 0.15) is 27.2 Å². The van der Waals surface area contributed by atoms with Gasteiger partial charge in [-0.1, -0.05) is 20.8 Å². The Morgan fingerprint density at radius 3 is 2.57 bits per heavy atom. The van der Waals surface area contributed by atoms with Crippen molar-refractivity contribution >= 4 is 5.97 Å². The molecule has 0 spiro atoms. The smallest absolute Gasteiger partial charge is 0.319 e. The molecule has 0 saturated carbocycles. The van der Waals surface area contributed by atoms with E-state index in [0.29, 0.717) is 17.9 Å². The van der Waals surface area contributed by atoms with Crippen LogP contribution < -0.4 is 0 Å². The standard InChI is InChI=1S/C11H21NO2/c1-11(2,3)9-5-6-12(7-9)8-10(13)14-4/h9H,5-8H2,1-4H3. The lowest BCUT2D eigenvalue weighted by Gasteiger charge is -2.26. The molecule has 1 atom stereocenters. The Balaban J connectivity index is 2.38. The summed E-state index contributed by atoms with van der Waals surface area (Å²) in [5, 5.41) is 0. The third kappa shape index (κ3) is 2.98. The van der Waals surface area contributed by atoms with Crippen LogP contribution in [0.5, 0.6) is 0 Å². The highest BCUT2D eigenvalue weighted by atomic mass is 16.5. The van der Waals surface area contributed by atoms with Crippen LogP contribution in [-0.4, -0.2) is 37.6 Å². The van der Waals surface area contributed by atoms with Gasteiger partial charge in [0.05, 0.1) is 13.7 Å². The summed E-state index contributed by atoms with van der Waals surface area (Å²) >= 11 is 0. The van der Waals surface area contributed by atoms with E-state index in [0.717, 1.165) is 13.1 Å². The normalized spacial score (nSPS) is 23.9. The molecule has 0 aliphatic carbocycles. The maximum absolute atomic E-state index is 11.1. The van der Waals surface area contributed by atoms with E-state index in [9.17, 15) is 4.79 Å². The molecule has 3 nitrogen and oxygen atoms in total. The predicted molar refractivity (Wildman–Crippen MR) is 56.0 cm³/mol. The summed E-state index contributed by atoms with van der Waals surface area (Å²) in [5.74, 6) is 0.576. The number of rotatable bonds is 2. The first-order valence-electron chi connectivity index (χ1n) is 5.22. The second-order valence-corrected chi connectivity index (χ2v) is 5.16. The van der Waals surface area contributed by atoms with E-state index in [-0.39, 0.29) is 5.97 Å². The SMILES string of the molecule is COC(=O)CN1CCC(C(C)(C)C)C1. The quantitative estimate of drug-likeness (QED) is 0.632. The molecular formula is C11H21NO2. The number of methoxy groups -OCH3 is 1. The Hall–Kier alpha value is -0.570. The Morgan fingerprint density at radius 1 is 1.50 bits per heavy atom. The first kappa shape index (κ1) is 11.5. The maximum atomic E-state index is 11.1. The Morgan fingerprint density at radius 2 is 2.14 bits per heavy atom. The summed E-state index contributed by atoms with van der Waals surface area (Å²) in [7, 11) is 1.44. The maximum Gasteiger partial charge on any atom is 0.319 e. The van der Waals surface area contributed by atoms with Crippen molar-refractivity contribution < 1.29 is 9.53 Å². The number of ether oxygens (including phenoxy) is 1. The van der Waals surface area contributed by atoms with Crippen molar-refractivity contribution in [1.82, 2.24) is 4.90 Å². The number of nitrogens with zero attached hydrogens (tertiary/aromatic N) is 1. The van der Waals surface area contributed by atoms with Crippen molar-refractivity contribution in [2.45, 2.75) is 27.2 Å². The molecule has 1 rings (SSSR count). The second kappa shape index (κ2) is 4.30. The van der Waals surface area contributed by atoms with Gasteiger partial charge in [-0.2, -0.15) is 0 Å². The van der Waals surface area contributed by atoms with Crippen LogP contribution in [0.15, 0.2) is 0 Å². The molecule has 0 aromatic heterocycles. The first-order chi connectivity index (χ1) is 6.43. The molecule has 0 radical (unpaired) electrons. The minimum atomic E-state index is -0.125. The van der Waals surface area contributed by atoms with Crippen LogP contribution in [-0.2, 0) is 9.53 Å². The molecule has 0 N–H and O–H groups in total. The molecule has 3 heteroatoms. The lowest BCUT2D eigenvalue weighted by Crippen LogP contribution is -2.30. The molecule has 0 bridgehead atoms. The Kier molecular flexibility index (Phi) is 3.53. The zero-order valence-corrected chi connectivity index (χ0v) is 9.67. The fourth-order valence-electron chi connectivity index (χ4n) is 1.93. The van der Waals surface area contributed by atoms with E-state index >= 15 is 0 Å². The molecule has 82 valence electrons. The van der Waals surface area contributed by atoms with Crippen LogP contribution in [0.2, 0.25) is 0 Å². The zero-order chi connectivity index (χ0) is 10.8. The van der Waals surface area contributed by atoms with E-state index in [1.54, 1.807) is 0 Å². The average Bonchev–Trinajstić information content (AvgIpc) is 2.51. The largest absolute Gasteiger partial charge is 0.468 e. The highest BCUT2D eigenvalue weighted by molar-refractivity contribution is 5.71. The topological polar surface area (TPSA) is 29.5 Å². The summed E-state index contributed by atoms with van der Waals surface area (Å²) in [6, 6.07) is 0. The minimum Gasteiger partial charge on any atom is -0.468 e. The molecule has 0 aromatic rings. The molecule has 1 aliphatic rings. The highest BCUT2D eigenvalue weighted by Crippen LogP contribution is 2.33. The van der Waals surface area contributed by atoms with Crippen LogP contribution in [0.4, 0.5) is 0 Å². The Labute approximate surface area is 86.4 Å². The van der Waals surface area contributed by atoms with Gasteiger partial charge in [-0.3, -0.25) is 9.69 Å². The molecule has 14 heavy (non-hydrogen) atoms. The van der Waals surface area contributed by atoms with Gasteiger partial charge in [0.1, 0.15) is 0 Å². The van der Waals surface area contributed by atoms with Crippen molar-refractivity contribution in [3.63, 3.8) is 0 Å². The average molecular weight is 199 g/mol. The van der Waals surface area contributed by atoms with Gasteiger partial charge in [-0.15, -0.1) is 0 Å². The van der Waals surface area contributed by atoms with Crippen molar-refractivity contribution in [1.29, 1.82) is 0 Å². The number of carbonyl (C=O) groups excluding carboxylic acids is 1. The van der Waals surface area contributed by atoms with Gasteiger partial charge in [-0.25, -0.2) is 0 Å². The lowest BCUT2D eigenvalue weighted by molar-refractivity contribution is -0.141. The van der Waals surface area contributed by atoms with Crippen molar-refractivity contribution in [3.05, 3.63) is 0 Å². The summed E-state index contributed by atoms with van der Waals surface area (Å²) < 4.78 is 4.65. The van der Waals surface area contributed by atoms with Crippen molar-refractivity contribution in [2.75, 3.05) is 26.7 Å². The second-order valence-electron chi connectivity index (χ2n) is 5.16. The number of carbonyl (C=O) groups is 1. The molecule has 1 aliphatic heterocycles. The third-order valence-corrected chi connectivity index (χ3v) is 3.08. The summed E-state index contributed by atoms with van der Waals surface area (Å²) in [5.41, 5.74) is 0.352. The highest BCUT2D eigenvalue weighted by Gasteiger charge is 2.32.